The Bertz CT molecular complexity index is 718. The van der Waals surface area contributed by atoms with Gasteiger partial charge in [-0.2, -0.15) is 10.2 Å². The van der Waals surface area contributed by atoms with Gasteiger partial charge in [0, 0.05) is 12.4 Å². The third kappa shape index (κ3) is 1.83. The number of H-pyrrole nitrogens is 1. The SMILES string of the molecule is O=C(Nc1cn[nH]c1I)c1cnn2cccnc12. The molecule has 3 rings (SSSR count). The van der Waals surface area contributed by atoms with E-state index in [0.717, 1.165) is 3.70 Å². The number of nitrogens with zero attached hydrogens (tertiary/aromatic N) is 4. The van der Waals surface area contributed by atoms with Gasteiger partial charge in [-0.25, -0.2) is 9.50 Å². The van der Waals surface area contributed by atoms with Crippen LogP contribution in [0.2, 0.25) is 0 Å². The molecule has 3 aromatic rings. The quantitative estimate of drug-likeness (QED) is 0.680. The van der Waals surface area contributed by atoms with Crippen LogP contribution in [-0.2, 0) is 0 Å². The summed E-state index contributed by atoms with van der Waals surface area (Å²) >= 11 is 2.06. The lowest BCUT2D eigenvalue weighted by Gasteiger charge is -2.00. The van der Waals surface area contributed by atoms with Crippen LogP contribution in [0.5, 0.6) is 0 Å². The van der Waals surface area contributed by atoms with Gasteiger partial charge in [-0.1, -0.05) is 0 Å². The summed E-state index contributed by atoms with van der Waals surface area (Å²) in [5.41, 5.74) is 1.58. The predicted octanol–water partition coefficient (Wildman–Crippen LogP) is 1.31. The Morgan fingerprint density at radius 2 is 2.33 bits per heavy atom. The second-order valence-electron chi connectivity index (χ2n) is 3.50. The van der Waals surface area contributed by atoms with Gasteiger partial charge in [-0.05, 0) is 28.7 Å². The molecule has 0 atom stereocenters. The summed E-state index contributed by atoms with van der Waals surface area (Å²) in [5, 5.41) is 13.4. The highest BCUT2D eigenvalue weighted by molar-refractivity contribution is 14.1. The fourth-order valence-electron chi connectivity index (χ4n) is 1.53. The number of halogens is 1. The van der Waals surface area contributed by atoms with E-state index in [-0.39, 0.29) is 5.91 Å². The van der Waals surface area contributed by atoms with Crippen LogP contribution < -0.4 is 5.32 Å². The van der Waals surface area contributed by atoms with Crippen LogP contribution in [0.1, 0.15) is 10.4 Å². The highest BCUT2D eigenvalue weighted by Crippen LogP contribution is 2.16. The first-order valence-electron chi connectivity index (χ1n) is 5.04. The molecule has 0 spiro atoms. The predicted molar refractivity (Wildman–Crippen MR) is 72.2 cm³/mol. The van der Waals surface area contributed by atoms with Crippen LogP contribution in [0, 0.1) is 3.70 Å². The highest BCUT2D eigenvalue weighted by atomic mass is 127. The molecule has 3 heterocycles. The summed E-state index contributed by atoms with van der Waals surface area (Å²) in [7, 11) is 0. The van der Waals surface area contributed by atoms with Gasteiger partial charge in [0.15, 0.2) is 5.65 Å². The number of fused-ring (bicyclic) bond motifs is 1. The Balaban J connectivity index is 1.95. The number of rotatable bonds is 2. The van der Waals surface area contributed by atoms with Crippen LogP contribution in [0.25, 0.3) is 5.65 Å². The summed E-state index contributed by atoms with van der Waals surface area (Å²) in [5.74, 6) is -0.261. The number of aromatic nitrogens is 5. The number of carbonyl (C=O) groups is 1. The summed E-state index contributed by atoms with van der Waals surface area (Å²) in [6.07, 6.45) is 6.40. The highest BCUT2D eigenvalue weighted by Gasteiger charge is 2.15. The lowest BCUT2D eigenvalue weighted by Crippen LogP contribution is -2.12. The second-order valence-corrected chi connectivity index (χ2v) is 4.58. The van der Waals surface area contributed by atoms with Crippen LogP contribution in [0.4, 0.5) is 5.69 Å². The molecule has 0 aromatic carbocycles. The maximum absolute atomic E-state index is 12.1. The monoisotopic (exact) mass is 354 g/mol. The average molecular weight is 354 g/mol. The first-order chi connectivity index (χ1) is 8.75. The third-order valence-electron chi connectivity index (χ3n) is 2.36. The van der Waals surface area contributed by atoms with Crippen molar-refractivity contribution in [1.82, 2.24) is 24.8 Å². The van der Waals surface area contributed by atoms with E-state index >= 15 is 0 Å². The van der Waals surface area contributed by atoms with Crippen LogP contribution in [0.15, 0.2) is 30.9 Å². The van der Waals surface area contributed by atoms with E-state index in [9.17, 15) is 4.79 Å². The van der Waals surface area contributed by atoms with Gasteiger partial charge in [-0.3, -0.25) is 9.89 Å². The molecule has 0 aliphatic carbocycles. The Morgan fingerprint density at radius 3 is 3.11 bits per heavy atom. The molecule has 18 heavy (non-hydrogen) atoms. The molecule has 0 aliphatic heterocycles. The van der Waals surface area contributed by atoms with E-state index in [4.69, 9.17) is 0 Å². The normalized spacial score (nSPS) is 10.7. The van der Waals surface area contributed by atoms with Gasteiger partial charge in [0.05, 0.1) is 18.1 Å². The molecule has 1 amide bonds. The largest absolute Gasteiger partial charge is 0.318 e. The number of hydrogen-bond acceptors (Lipinski definition) is 4. The Morgan fingerprint density at radius 1 is 1.44 bits per heavy atom. The molecule has 0 saturated carbocycles. The zero-order valence-electron chi connectivity index (χ0n) is 8.96. The minimum atomic E-state index is -0.261. The van der Waals surface area contributed by atoms with Gasteiger partial charge in [0.1, 0.15) is 9.26 Å². The molecular weight excluding hydrogens is 347 g/mol. The van der Waals surface area contributed by atoms with Gasteiger partial charge in [0.2, 0.25) is 0 Å². The van der Waals surface area contributed by atoms with Crippen LogP contribution in [0.3, 0.4) is 0 Å². The molecule has 0 aliphatic rings. The van der Waals surface area contributed by atoms with Crippen molar-refractivity contribution in [2.24, 2.45) is 0 Å². The summed E-state index contributed by atoms with van der Waals surface area (Å²) < 4.78 is 2.32. The second kappa shape index (κ2) is 4.37. The summed E-state index contributed by atoms with van der Waals surface area (Å²) in [6.45, 7) is 0. The lowest BCUT2D eigenvalue weighted by molar-refractivity contribution is 0.102. The molecule has 3 aromatic heterocycles. The van der Waals surface area contributed by atoms with Crippen molar-refractivity contribution in [1.29, 1.82) is 0 Å². The standard InChI is InChI=1S/C10H7IN6O/c11-8-7(5-13-16-8)15-10(18)6-4-14-17-3-1-2-12-9(6)17/h1-5H,(H,13,16)(H,15,18). The maximum Gasteiger partial charge on any atom is 0.261 e. The number of nitrogens with one attached hydrogen (secondary N) is 2. The number of hydrogen-bond donors (Lipinski definition) is 2. The smallest absolute Gasteiger partial charge is 0.261 e. The first kappa shape index (κ1) is 11.1. The Kier molecular flexibility index (Phi) is 2.70. The van der Waals surface area contributed by atoms with Crippen molar-refractivity contribution in [2.75, 3.05) is 5.32 Å². The van der Waals surface area contributed by atoms with E-state index in [0.29, 0.717) is 16.9 Å². The molecule has 90 valence electrons. The van der Waals surface area contributed by atoms with Gasteiger partial charge < -0.3 is 5.32 Å². The average Bonchev–Trinajstić information content (AvgIpc) is 2.96. The zero-order valence-corrected chi connectivity index (χ0v) is 11.1. The maximum atomic E-state index is 12.1. The zero-order chi connectivity index (χ0) is 12.5. The van der Waals surface area contributed by atoms with Crippen molar-refractivity contribution in [3.63, 3.8) is 0 Å². The van der Waals surface area contributed by atoms with Gasteiger partial charge in [-0.15, -0.1) is 0 Å². The van der Waals surface area contributed by atoms with Crippen LogP contribution in [-0.4, -0.2) is 30.7 Å². The van der Waals surface area contributed by atoms with Crippen molar-refractivity contribution in [3.8, 4) is 0 Å². The lowest BCUT2D eigenvalue weighted by atomic mass is 10.3. The number of amides is 1. The molecule has 8 heteroatoms. The molecule has 0 fully saturated rings. The van der Waals surface area contributed by atoms with Crippen molar-refractivity contribution >= 4 is 39.8 Å². The fraction of sp³-hybridized carbons (Fsp3) is 0. The minimum absolute atomic E-state index is 0.261. The van der Waals surface area contributed by atoms with Gasteiger partial charge >= 0.3 is 0 Å². The number of anilines is 1. The summed E-state index contributed by atoms with van der Waals surface area (Å²) in [4.78, 5) is 16.2. The molecule has 0 radical (unpaired) electrons. The molecule has 2 N–H and O–H groups in total. The molecule has 0 unspecified atom stereocenters. The molecule has 0 saturated heterocycles. The van der Waals surface area contributed by atoms with E-state index in [2.05, 4.69) is 48.2 Å². The number of carbonyl (C=O) groups excluding carboxylic acids is 1. The number of aromatic amines is 1. The van der Waals surface area contributed by atoms with Crippen molar-refractivity contribution in [3.05, 3.63) is 40.1 Å². The van der Waals surface area contributed by atoms with E-state index in [1.54, 1.807) is 29.2 Å². The molecule has 7 nitrogen and oxygen atoms in total. The summed E-state index contributed by atoms with van der Waals surface area (Å²) in [6, 6.07) is 1.75. The van der Waals surface area contributed by atoms with Crippen LogP contribution >= 0.6 is 22.6 Å². The van der Waals surface area contributed by atoms with E-state index in [1.165, 1.54) is 6.20 Å². The first-order valence-corrected chi connectivity index (χ1v) is 6.12. The van der Waals surface area contributed by atoms with Gasteiger partial charge in [0.25, 0.3) is 5.91 Å². The fourth-order valence-corrected chi connectivity index (χ4v) is 1.95. The Labute approximate surface area is 115 Å². The topological polar surface area (TPSA) is 88.0 Å². The van der Waals surface area contributed by atoms with E-state index < -0.39 is 0 Å². The Hall–Kier alpha value is -1.97. The van der Waals surface area contributed by atoms with Crippen molar-refractivity contribution < 1.29 is 4.79 Å². The van der Waals surface area contributed by atoms with E-state index in [1.807, 2.05) is 0 Å². The van der Waals surface area contributed by atoms with Crippen molar-refractivity contribution in [2.45, 2.75) is 0 Å². The minimum Gasteiger partial charge on any atom is -0.318 e. The molecule has 0 bridgehead atoms. The molecular formula is C10H7IN6O. The third-order valence-corrected chi connectivity index (χ3v) is 3.19.